The Labute approximate surface area is 145 Å². The Morgan fingerprint density at radius 1 is 1.46 bits per heavy atom. The van der Waals surface area contributed by atoms with E-state index in [2.05, 4.69) is 19.3 Å². The van der Waals surface area contributed by atoms with Crippen molar-refractivity contribution in [3.8, 4) is 0 Å². The van der Waals surface area contributed by atoms with Gasteiger partial charge in [-0.15, -0.1) is 11.8 Å². The van der Waals surface area contributed by atoms with Gasteiger partial charge in [0.25, 0.3) is 0 Å². The second-order valence-corrected chi connectivity index (χ2v) is 8.22. The number of allylic oxidation sites excluding steroid dienone is 3. The minimum absolute atomic E-state index is 0.156. The lowest BCUT2D eigenvalue weighted by molar-refractivity contribution is -0.814. The molecule has 3 heterocycles. The van der Waals surface area contributed by atoms with Crippen molar-refractivity contribution in [2.24, 2.45) is 5.73 Å². The molecule has 1 unspecified atom stereocenters. The number of fused-ring (bicyclic) bond motifs is 1. The lowest BCUT2D eigenvalue weighted by Gasteiger charge is -2.48. The number of hydrogen-bond acceptors (Lipinski definition) is 4. The molecule has 3 atom stereocenters. The number of likely N-dealkylation sites (N-methyl/N-ethyl adjacent to an activating group) is 1. The smallest absolute Gasteiger partial charge is 0.352 e. The standard InChI is InChI=1S/C17H21N3O3S/c1-20(7-6-10-4-2-3-5-12(10)20)8-11-9-24-16-13(18)15(21)19(16)14(11)17(22)23/h6-7,13,16H,2-5,8-9,18H2,1H3/p+1/t13-,16-,20?/m1/s1. The molecule has 1 aliphatic carbocycles. The molecule has 1 fully saturated rings. The highest BCUT2D eigenvalue weighted by Crippen LogP contribution is 2.43. The van der Waals surface area contributed by atoms with Gasteiger partial charge in [-0.05, 0) is 19.3 Å². The van der Waals surface area contributed by atoms with Gasteiger partial charge in [0.05, 0.1) is 7.05 Å². The average Bonchev–Trinajstić information content (AvgIpc) is 2.91. The number of aliphatic carboxylic acids is 1. The molecule has 3 N–H and O–H groups in total. The number of nitrogens with two attached hydrogens (primary N) is 1. The minimum atomic E-state index is -1.02. The molecule has 6 nitrogen and oxygen atoms in total. The maximum atomic E-state index is 12.1. The summed E-state index contributed by atoms with van der Waals surface area (Å²) in [4.78, 5) is 25.3. The normalized spacial score (nSPS) is 35.1. The Kier molecular flexibility index (Phi) is 3.63. The predicted molar refractivity (Wildman–Crippen MR) is 91.4 cm³/mol. The van der Waals surface area contributed by atoms with E-state index in [0.29, 0.717) is 16.8 Å². The quantitative estimate of drug-likeness (QED) is 0.594. The van der Waals surface area contributed by atoms with Crippen LogP contribution in [0.15, 0.2) is 34.8 Å². The number of amides is 1. The molecule has 3 aliphatic heterocycles. The molecule has 1 saturated heterocycles. The van der Waals surface area contributed by atoms with Gasteiger partial charge in [-0.2, -0.15) is 0 Å². The topological polar surface area (TPSA) is 83.6 Å². The average molecular weight is 348 g/mol. The zero-order valence-corrected chi connectivity index (χ0v) is 14.5. The summed E-state index contributed by atoms with van der Waals surface area (Å²) < 4.78 is 0.640. The van der Waals surface area contributed by atoms with Crippen molar-refractivity contribution in [3.63, 3.8) is 0 Å². The van der Waals surface area contributed by atoms with E-state index in [1.807, 2.05) is 0 Å². The molecular formula is C17H22N3O3S+. The van der Waals surface area contributed by atoms with Gasteiger partial charge in [0.1, 0.15) is 35.6 Å². The molecule has 0 aromatic rings. The minimum Gasteiger partial charge on any atom is -0.477 e. The first-order chi connectivity index (χ1) is 11.4. The van der Waals surface area contributed by atoms with Crippen LogP contribution in [-0.4, -0.2) is 57.1 Å². The van der Waals surface area contributed by atoms with Crippen LogP contribution in [0, 0.1) is 0 Å². The van der Waals surface area contributed by atoms with E-state index in [-0.39, 0.29) is 17.0 Å². The molecule has 0 spiro atoms. The number of carboxylic acids is 1. The molecule has 1 amide bonds. The zero-order chi connectivity index (χ0) is 17.1. The largest absolute Gasteiger partial charge is 0.477 e. The summed E-state index contributed by atoms with van der Waals surface area (Å²) in [6, 6.07) is -0.574. The van der Waals surface area contributed by atoms with E-state index >= 15 is 0 Å². The van der Waals surface area contributed by atoms with Crippen LogP contribution in [0.2, 0.25) is 0 Å². The highest BCUT2D eigenvalue weighted by atomic mass is 32.2. The number of carbonyl (C=O) groups is 2. The van der Waals surface area contributed by atoms with E-state index in [9.17, 15) is 14.7 Å². The number of nitrogens with zero attached hydrogens (tertiary/aromatic N) is 2. The lowest BCUT2D eigenvalue weighted by Crippen LogP contribution is -2.68. The van der Waals surface area contributed by atoms with Crippen molar-refractivity contribution in [1.82, 2.24) is 4.90 Å². The molecule has 0 aromatic heterocycles. The second-order valence-electron chi connectivity index (χ2n) is 7.11. The molecule has 128 valence electrons. The van der Waals surface area contributed by atoms with Crippen LogP contribution in [0.3, 0.4) is 0 Å². The van der Waals surface area contributed by atoms with Gasteiger partial charge in [0.2, 0.25) is 5.91 Å². The van der Waals surface area contributed by atoms with Crippen molar-refractivity contribution in [2.45, 2.75) is 37.1 Å². The Bertz CT molecular complexity index is 727. The van der Waals surface area contributed by atoms with Gasteiger partial charge < -0.3 is 10.8 Å². The Balaban J connectivity index is 1.68. The van der Waals surface area contributed by atoms with Crippen molar-refractivity contribution in [3.05, 3.63) is 34.8 Å². The summed E-state index contributed by atoms with van der Waals surface area (Å²) in [5, 5.41) is 9.46. The maximum Gasteiger partial charge on any atom is 0.352 e. The number of thioether (sulfide) groups is 1. The van der Waals surface area contributed by atoms with Crippen molar-refractivity contribution < 1.29 is 19.2 Å². The summed E-state index contributed by atoms with van der Waals surface area (Å²) in [5.74, 6) is -0.684. The maximum absolute atomic E-state index is 12.1. The van der Waals surface area contributed by atoms with Gasteiger partial charge in [-0.25, -0.2) is 4.79 Å². The molecule has 4 aliphatic rings. The van der Waals surface area contributed by atoms with Crippen LogP contribution in [-0.2, 0) is 9.59 Å². The predicted octanol–water partition coefficient (Wildman–Crippen LogP) is 1.37. The van der Waals surface area contributed by atoms with Gasteiger partial charge in [-0.1, -0.05) is 0 Å². The fourth-order valence-corrected chi connectivity index (χ4v) is 5.55. The van der Waals surface area contributed by atoms with Crippen LogP contribution >= 0.6 is 11.8 Å². The highest BCUT2D eigenvalue weighted by Gasteiger charge is 2.52. The van der Waals surface area contributed by atoms with Crippen LogP contribution in [0.1, 0.15) is 25.7 Å². The third-order valence-corrected chi connectivity index (χ3v) is 6.87. The zero-order valence-electron chi connectivity index (χ0n) is 13.7. The van der Waals surface area contributed by atoms with E-state index < -0.39 is 12.0 Å². The Morgan fingerprint density at radius 2 is 2.21 bits per heavy atom. The summed E-state index contributed by atoms with van der Waals surface area (Å²) in [6.07, 6.45) is 8.96. The van der Waals surface area contributed by atoms with Crippen LogP contribution in [0.25, 0.3) is 0 Å². The molecule has 0 bridgehead atoms. The molecule has 0 aromatic carbocycles. The Morgan fingerprint density at radius 3 is 2.96 bits per heavy atom. The number of β-lactam (4-membered cyclic amide) rings is 1. The number of carbonyl (C=O) groups excluding carboxylic acids is 1. The Hall–Kier alpha value is -1.57. The van der Waals surface area contributed by atoms with E-state index in [1.165, 1.54) is 29.0 Å². The third-order valence-electron chi connectivity index (χ3n) is 5.51. The van der Waals surface area contributed by atoms with Gasteiger partial charge in [0, 0.05) is 29.4 Å². The number of hydrogen-bond donors (Lipinski definition) is 2. The van der Waals surface area contributed by atoms with Crippen LogP contribution in [0.5, 0.6) is 0 Å². The van der Waals surface area contributed by atoms with Crippen molar-refractivity contribution in [2.75, 3.05) is 19.3 Å². The highest BCUT2D eigenvalue weighted by molar-refractivity contribution is 8.00. The molecule has 0 radical (unpaired) electrons. The van der Waals surface area contributed by atoms with Crippen molar-refractivity contribution >= 4 is 23.6 Å². The first-order valence-corrected chi connectivity index (χ1v) is 9.40. The molecule has 4 rings (SSSR count). The first kappa shape index (κ1) is 15.9. The summed E-state index contributed by atoms with van der Waals surface area (Å²) >= 11 is 1.57. The first-order valence-electron chi connectivity index (χ1n) is 8.35. The van der Waals surface area contributed by atoms with Gasteiger partial charge in [-0.3, -0.25) is 14.2 Å². The van der Waals surface area contributed by atoms with Crippen LogP contribution < -0.4 is 5.73 Å². The second kappa shape index (κ2) is 5.47. The molecule has 7 heteroatoms. The van der Waals surface area contributed by atoms with Crippen molar-refractivity contribution in [1.29, 1.82) is 0 Å². The lowest BCUT2D eigenvalue weighted by atomic mass is 9.96. The number of rotatable bonds is 3. The monoisotopic (exact) mass is 348 g/mol. The number of quaternary nitrogens is 1. The fraction of sp³-hybridized carbons (Fsp3) is 0.529. The van der Waals surface area contributed by atoms with Crippen LogP contribution in [0.4, 0.5) is 0 Å². The fourth-order valence-electron chi connectivity index (χ4n) is 4.27. The third kappa shape index (κ3) is 2.18. The molecular weight excluding hydrogens is 326 g/mol. The summed E-state index contributed by atoms with van der Waals surface area (Å²) in [5.41, 5.74) is 9.60. The summed E-state index contributed by atoms with van der Waals surface area (Å²) in [6.45, 7) is 0.607. The molecule has 24 heavy (non-hydrogen) atoms. The van der Waals surface area contributed by atoms with E-state index in [0.717, 1.165) is 18.4 Å². The van der Waals surface area contributed by atoms with E-state index in [1.54, 1.807) is 11.8 Å². The van der Waals surface area contributed by atoms with E-state index in [4.69, 9.17) is 5.73 Å². The molecule has 0 saturated carbocycles. The number of carboxylic acid groups (broad SMARTS) is 1. The SMILES string of the molecule is C[N+]1(CC2=C(C(=O)O)N3C(=O)[C@@H](N)[C@H]3SC2)C=CC2=C1CCCC2. The van der Waals surface area contributed by atoms with Gasteiger partial charge >= 0.3 is 5.97 Å². The summed E-state index contributed by atoms with van der Waals surface area (Å²) in [7, 11) is 2.14. The van der Waals surface area contributed by atoms with Gasteiger partial charge in [0.15, 0.2) is 0 Å².